The molecule has 0 aliphatic carbocycles. The van der Waals surface area contributed by atoms with Gasteiger partial charge >= 0.3 is 0 Å². The Morgan fingerprint density at radius 2 is 2.00 bits per heavy atom. The predicted molar refractivity (Wildman–Crippen MR) is 112 cm³/mol. The van der Waals surface area contributed by atoms with Crippen molar-refractivity contribution < 1.29 is 4.79 Å². The number of fused-ring (bicyclic) bond motifs is 1. The van der Waals surface area contributed by atoms with Crippen LogP contribution in [0.25, 0.3) is 10.9 Å². The van der Waals surface area contributed by atoms with Gasteiger partial charge in [0.05, 0.1) is 6.54 Å². The minimum atomic E-state index is -0.0520. The molecule has 2 aromatic heterocycles. The fraction of sp³-hybridized carbons (Fsp3) is 0.238. The van der Waals surface area contributed by atoms with Gasteiger partial charge in [0, 0.05) is 41.0 Å². The van der Waals surface area contributed by atoms with Gasteiger partial charge in [-0.25, -0.2) is 4.68 Å². The number of hydrogen-bond acceptors (Lipinski definition) is 4. The normalized spacial score (nSPS) is 12.2. The number of halogens is 1. The second-order valence-corrected chi connectivity index (χ2v) is 7.38. The van der Waals surface area contributed by atoms with E-state index < -0.39 is 0 Å². The van der Waals surface area contributed by atoms with E-state index in [-0.39, 0.29) is 11.8 Å². The number of carbonyl (C=O) groups excluding carboxylic acids is 1. The summed E-state index contributed by atoms with van der Waals surface area (Å²) in [6.45, 7) is 1.10. The first kappa shape index (κ1) is 19.1. The molecule has 8 heteroatoms. The summed E-state index contributed by atoms with van der Waals surface area (Å²) in [7, 11) is 0. The summed E-state index contributed by atoms with van der Waals surface area (Å²) in [6, 6.07) is 15.7. The highest BCUT2D eigenvalue weighted by Gasteiger charge is 2.18. The van der Waals surface area contributed by atoms with Gasteiger partial charge in [-0.3, -0.25) is 4.79 Å². The van der Waals surface area contributed by atoms with Crippen LogP contribution < -0.4 is 5.32 Å². The molecule has 0 saturated carbocycles. The van der Waals surface area contributed by atoms with E-state index in [1.165, 1.54) is 10.9 Å². The van der Waals surface area contributed by atoms with Gasteiger partial charge in [0.25, 0.3) is 0 Å². The summed E-state index contributed by atoms with van der Waals surface area (Å²) in [5.41, 5.74) is 3.33. The van der Waals surface area contributed by atoms with Crippen molar-refractivity contribution in [1.29, 1.82) is 0 Å². The van der Waals surface area contributed by atoms with Gasteiger partial charge in [-0.1, -0.05) is 41.9 Å². The Morgan fingerprint density at radius 3 is 2.79 bits per heavy atom. The molecule has 29 heavy (non-hydrogen) atoms. The molecule has 0 aliphatic heterocycles. The molecular weight excluding hydrogens is 388 g/mol. The van der Waals surface area contributed by atoms with Crippen molar-refractivity contribution in [3.05, 3.63) is 77.2 Å². The fourth-order valence-electron chi connectivity index (χ4n) is 3.48. The van der Waals surface area contributed by atoms with Crippen molar-refractivity contribution in [2.24, 2.45) is 0 Å². The standard InChI is InChI=1S/C21H21ClN6O/c22-18-7-5-15(6-8-18)17(13-28-14-25-26-27-28)11-21(29)23-10-9-16-12-24-20-4-2-1-3-19(16)20/h1-8,12,14,17,24H,9-11,13H2,(H,23,29)/t17-/m0/s1. The van der Waals surface area contributed by atoms with Crippen molar-refractivity contribution in [2.75, 3.05) is 6.54 Å². The molecule has 1 atom stereocenters. The van der Waals surface area contributed by atoms with Crippen LogP contribution in [0.5, 0.6) is 0 Å². The number of aromatic amines is 1. The Labute approximate surface area is 173 Å². The molecule has 0 unspecified atom stereocenters. The number of benzene rings is 2. The average Bonchev–Trinajstić information content (AvgIpc) is 3.38. The molecule has 4 aromatic rings. The van der Waals surface area contributed by atoms with Crippen LogP contribution in [0.1, 0.15) is 23.5 Å². The van der Waals surface area contributed by atoms with E-state index in [9.17, 15) is 4.79 Å². The van der Waals surface area contributed by atoms with E-state index in [4.69, 9.17) is 11.6 Å². The number of nitrogens with zero attached hydrogens (tertiary/aromatic N) is 4. The number of rotatable bonds is 8. The summed E-state index contributed by atoms with van der Waals surface area (Å²) in [5, 5.41) is 16.2. The molecule has 1 amide bonds. The lowest BCUT2D eigenvalue weighted by molar-refractivity contribution is -0.121. The van der Waals surface area contributed by atoms with Crippen molar-refractivity contribution in [2.45, 2.75) is 25.3 Å². The Kier molecular flexibility index (Phi) is 5.86. The van der Waals surface area contributed by atoms with Crippen LogP contribution >= 0.6 is 11.6 Å². The van der Waals surface area contributed by atoms with Crippen LogP contribution in [0.2, 0.25) is 5.02 Å². The molecule has 2 aromatic carbocycles. The summed E-state index contributed by atoms with van der Waals surface area (Å²) in [6.07, 6.45) is 4.67. The summed E-state index contributed by atoms with van der Waals surface area (Å²) < 4.78 is 1.64. The number of aromatic nitrogens is 5. The maximum atomic E-state index is 12.6. The average molecular weight is 409 g/mol. The molecule has 148 valence electrons. The second-order valence-electron chi connectivity index (χ2n) is 6.94. The van der Waals surface area contributed by atoms with Crippen LogP contribution in [0.3, 0.4) is 0 Å². The topological polar surface area (TPSA) is 88.5 Å². The number of tetrazole rings is 1. The van der Waals surface area contributed by atoms with Crippen molar-refractivity contribution in [3.8, 4) is 0 Å². The summed E-state index contributed by atoms with van der Waals surface area (Å²) >= 11 is 6.00. The highest BCUT2D eigenvalue weighted by molar-refractivity contribution is 6.30. The molecule has 0 spiro atoms. The number of hydrogen-bond donors (Lipinski definition) is 2. The molecule has 7 nitrogen and oxygen atoms in total. The lowest BCUT2D eigenvalue weighted by Gasteiger charge is -2.17. The minimum Gasteiger partial charge on any atom is -0.361 e. The van der Waals surface area contributed by atoms with E-state index in [1.807, 2.05) is 48.7 Å². The van der Waals surface area contributed by atoms with E-state index in [0.29, 0.717) is 24.5 Å². The highest BCUT2D eigenvalue weighted by Crippen LogP contribution is 2.23. The first-order chi connectivity index (χ1) is 14.2. The quantitative estimate of drug-likeness (QED) is 0.468. The van der Waals surface area contributed by atoms with Crippen LogP contribution in [-0.4, -0.2) is 37.6 Å². The van der Waals surface area contributed by atoms with E-state index in [1.54, 1.807) is 11.0 Å². The van der Waals surface area contributed by atoms with Gasteiger partial charge in [0.1, 0.15) is 6.33 Å². The molecule has 2 heterocycles. The lowest BCUT2D eigenvalue weighted by Crippen LogP contribution is -2.28. The monoisotopic (exact) mass is 408 g/mol. The summed E-state index contributed by atoms with van der Waals surface area (Å²) in [4.78, 5) is 15.9. The third-order valence-electron chi connectivity index (χ3n) is 4.96. The van der Waals surface area contributed by atoms with Gasteiger partial charge in [-0.15, -0.1) is 5.10 Å². The molecule has 0 aliphatic rings. The fourth-order valence-corrected chi connectivity index (χ4v) is 3.61. The third kappa shape index (κ3) is 4.81. The molecule has 0 saturated heterocycles. The van der Waals surface area contributed by atoms with Gasteiger partial charge < -0.3 is 10.3 Å². The number of para-hydroxylation sites is 1. The number of nitrogens with one attached hydrogen (secondary N) is 2. The Balaban J connectivity index is 1.37. The molecular formula is C21H21ClN6O. The van der Waals surface area contributed by atoms with Gasteiger partial charge in [0.2, 0.25) is 5.91 Å². The first-order valence-corrected chi connectivity index (χ1v) is 9.85. The van der Waals surface area contributed by atoms with Gasteiger partial charge in [-0.05, 0) is 46.2 Å². The molecule has 2 N–H and O–H groups in total. The number of amides is 1. The third-order valence-corrected chi connectivity index (χ3v) is 5.22. The van der Waals surface area contributed by atoms with E-state index in [2.05, 4.69) is 31.9 Å². The van der Waals surface area contributed by atoms with Crippen LogP contribution in [-0.2, 0) is 17.8 Å². The van der Waals surface area contributed by atoms with Crippen LogP contribution in [0.15, 0.2) is 61.1 Å². The Bertz CT molecular complexity index is 1070. The van der Waals surface area contributed by atoms with Crippen molar-refractivity contribution in [1.82, 2.24) is 30.5 Å². The largest absolute Gasteiger partial charge is 0.361 e. The summed E-state index contributed by atoms with van der Waals surface area (Å²) in [5.74, 6) is -0.0540. The van der Waals surface area contributed by atoms with E-state index >= 15 is 0 Å². The first-order valence-electron chi connectivity index (χ1n) is 9.47. The van der Waals surface area contributed by atoms with Gasteiger partial charge in [0.15, 0.2) is 0 Å². The maximum Gasteiger partial charge on any atom is 0.220 e. The van der Waals surface area contributed by atoms with Crippen LogP contribution in [0.4, 0.5) is 0 Å². The zero-order chi connectivity index (χ0) is 20.1. The smallest absolute Gasteiger partial charge is 0.220 e. The highest BCUT2D eigenvalue weighted by atomic mass is 35.5. The molecule has 4 rings (SSSR count). The second kappa shape index (κ2) is 8.87. The maximum absolute atomic E-state index is 12.6. The van der Waals surface area contributed by atoms with E-state index in [0.717, 1.165) is 17.5 Å². The predicted octanol–water partition coefficient (Wildman–Crippen LogP) is 3.34. The zero-order valence-corrected chi connectivity index (χ0v) is 16.5. The van der Waals surface area contributed by atoms with Crippen molar-refractivity contribution >= 4 is 28.4 Å². The number of H-pyrrole nitrogens is 1. The SMILES string of the molecule is O=C(C[C@@H](Cn1cnnn1)c1ccc(Cl)cc1)NCCc1c[nH]c2ccccc12. The lowest BCUT2D eigenvalue weighted by atomic mass is 9.95. The van der Waals surface area contributed by atoms with Crippen LogP contribution in [0, 0.1) is 0 Å². The Morgan fingerprint density at radius 1 is 1.17 bits per heavy atom. The molecule has 0 radical (unpaired) electrons. The zero-order valence-electron chi connectivity index (χ0n) is 15.8. The van der Waals surface area contributed by atoms with Crippen molar-refractivity contribution in [3.63, 3.8) is 0 Å². The molecule has 0 fully saturated rings. The number of carbonyl (C=O) groups is 1. The van der Waals surface area contributed by atoms with Gasteiger partial charge in [-0.2, -0.15) is 0 Å². The molecule has 0 bridgehead atoms. The Hall–Kier alpha value is -3.19. The minimum absolute atomic E-state index is 0.00198.